The molecule has 3 rings (SSSR count). The van der Waals surface area contributed by atoms with Gasteiger partial charge in [-0.2, -0.15) is 0 Å². The smallest absolute Gasteiger partial charge is 0.338 e. The van der Waals surface area contributed by atoms with E-state index in [9.17, 15) is 18.4 Å². The Morgan fingerprint density at radius 2 is 2.00 bits per heavy atom. The molecule has 7 heteroatoms. The maximum absolute atomic E-state index is 13.7. The molecule has 140 valence electrons. The maximum atomic E-state index is 13.7. The molecule has 0 unspecified atom stereocenters. The van der Waals surface area contributed by atoms with Gasteiger partial charge < -0.3 is 14.8 Å². The molecule has 1 heterocycles. The normalized spacial score (nSPS) is 13.7. The van der Waals surface area contributed by atoms with Gasteiger partial charge in [0.2, 0.25) is 0 Å². The van der Waals surface area contributed by atoms with Gasteiger partial charge >= 0.3 is 5.97 Å². The second-order valence-electron chi connectivity index (χ2n) is 6.03. The molecule has 1 amide bonds. The number of fused-ring (bicyclic) bond motifs is 1. The second kappa shape index (κ2) is 7.99. The van der Waals surface area contributed by atoms with Crippen molar-refractivity contribution in [2.24, 2.45) is 0 Å². The molecule has 2 aromatic rings. The van der Waals surface area contributed by atoms with Crippen LogP contribution in [0, 0.1) is 11.6 Å². The van der Waals surface area contributed by atoms with Crippen LogP contribution < -0.4 is 10.1 Å². The average Bonchev–Trinajstić information content (AvgIpc) is 2.65. The lowest BCUT2D eigenvalue weighted by molar-refractivity contribution is -0.145. The molecular weight excluding hydrogens is 356 g/mol. The highest BCUT2D eigenvalue weighted by atomic mass is 19.1. The van der Waals surface area contributed by atoms with Crippen molar-refractivity contribution in [1.82, 2.24) is 5.32 Å². The summed E-state index contributed by atoms with van der Waals surface area (Å²) in [5.41, 5.74) is 1.18. The van der Waals surface area contributed by atoms with Gasteiger partial charge in [-0.15, -0.1) is 0 Å². The van der Waals surface area contributed by atoms with Crippen molar-refractivity contribution in [3.8, 4) is 5.75 Å². The quantitative estimate of drug-likeness (QED) is 0.818. The minimum Gasteiger partial charge on any atom is -0.488 e. The van der Waals surface area contributed by atoms with E-state index in [4.69, 9.17) is 9.47 Å². The highest BCUT2D eigenvalue weighted by Gasteiger charge is 2.20. The standard InChI is InChI=1S/C20H17F2NO4/c1-12(16-7-6-15(21)9-17(16)22)23-19(24)11-27-20(25)14-8-13-4-2-3-5-18(13)26-10-14/h2-9,12H,10-11H2,1H3,(H,23,24)/t12-/m1/s1. The van der Waals surface area contributed by atoms with Crippen molar-refractivity contribution in [1.29, 1.82) is 0 Å². The number of esters is 1. The summed E-state index contributed by atoms with van der Waals surface area (Å²) in [6.45, 7) is 1.07. The summed E-state index contributed by atoms with van der Waals surface area (Å²) in [6.07, 6.45) is 1.65. The molecule has 0 aromatic heterocycles. The molecule has 0 saturated carbocycles. The molecule has 2 aromatic carbocycles. The number of rotatable bonds is 5. The molecule has 0 aliphatic carbocycles. The van der Waals surface area contributed by atoms with Gasteiger partial charge in [0, 0.05) is 17.2 Å². The summed E-state index contributed by atoms with van der Waals surface area (Å²) < 4.78 is 37.1. The Morgan fingerprint density at radius 1 is 1.22 bits per heavy atom. The highest BCUT2D eigenvalue weighted by Crippen LogP contribution is 2.26. The van der Waals surface area contributed by atoms with Crippen LogP contribution in [0.2, 0.25) is 0 Å². The molecule has 0 fully saturated rings. The van der Waals surface area contributed by atoms with Gasteiger partial charge in [-0.3, -0.25) is 4.79 Å². The summed E-state index contributed by atoms with van der Waals surface area (Å²) in [5, 5.41) is 2.50. The Labute approximate surface area is 154 Å². The predicted molar refractivity (Wildman–Crippen MR) is 93.8 cm³/mol. The summed E-state index contributed by atoms with van der Waals surface area (Å²) in [6, 6.07) is 9.62. The van der Waals surface area contributed by atoms with Crippen molar-refractivity contribution < 1.29 is 27.8 Å². The highest BCUT2D eigenvalue weighted by molar-refractivity contribution is 5.96. The number of ether oxygens (including phenoxy) is 2. The first-order chi connectivity index (χ1) is 12.9. The van der Waals surface area contributed by atoms with Crippen molar-refractivity contribution in [2.75, 3.05) is 13.2 Å². The number of amides is 1. The van der Waals surface area contributed by atoms with Gasteiger partial charge in [0.15, 0.2) is 6.61 Å². The van der Waals surface area contributed by atoms with Gasteiger partial charge in [-0.1, -0.05) is 24.3 Å². The number of para-hydroxylation sites is 1. The zero-order valence-electron chi connectivity index (χ0n) is 14.5. The molecule has 0 spiro atoms. The Balaban J connectivity index is 1.55. The van der Waals surface area contributed by atoms with Crippen LogP contribution in [-0.4, -0.2) is 25.1 Å². The predicted octanol–water partition coefficient (Wildman–Crippen LogP) is 3.16. The van der Waals surface area contributed by atoms with Crippen molar-refractivity contribution in [2.45, 2.75) is 13.0 Å². The Hall–Kier alpha value is -3.22. The van der Waals surface area contributed by atoms with Crippen LogP contribution in [0.25, 0.3) is 6.08 Å². The van der Waals surface area contributed by atoms with E-state index in [1.165, 1.54) is 6.07 Å². The van der Waals surface area contributed by atoms with Gasteiger partial charge in [-0.05, 0) is 25.1 Å². The van der Waals surface area contributed by atoms with Crippen LogP contribution in [0.5, 0.6) is 5.75 Å². The Morgan fingerprint density at radius 3 is 2.78 bits per heavy atom. The molecule has 0 bridgehead atoms. The molecule has 1 aliphatic heterocycles. The summed E-state index contributed by atoms with van der Waals surface area (Å²) in [7, 11) is 0. The van der Waals surface area contributed by atoms with E-state index < -0.39 is 36.2 Å². The lowest BCUT2D eigenvalue weighted by atomic mass is 10.1. The van der Waals surface area contributed by atoms with E-state index in [1.54, 1.807) is 25.1 Å². The van der Waals surface area contributed by atoms with Gasteiger partial charge in [0.25, 0.3) is 5.91 Å². The van der Waals surface area contributed by atoms with Crippen LogP contribution in [0.15, 0.2) is 48.0 Å². The summed E-state index contributed by atoms with van der Waals surface area (Å²) in [4.78, 5) is 24.1. The number of nitrogens with one attached hydrogen (secondary N) is 1. The van der Waals surface area contributed by atoms with Crippen LogP contribution in [-0.2, 0) is 14.3 Å². The van der Waals surface area contributed by atoms with E-state index in [-0.39, 0.29) is 12.2 Å². The third-order valence-corrected chi connectivity index (χ3v) is 4.03. The van der Waals surface area contributed by atoms with Crippen LogP contribution in [0.3, 0.4) is 0 Å². The fourth-order valence-corrected chi connectivity index (χ4v) is 2.67. The topological polar surface area (TPSA) is 64.6 Å². The number of halogens is 2. The van der Waals surface area contributed by atoms with Crippen molar-refractivity contribution >= 4 is 18.0 Å². The van der Waals surface area contributed by atoms with Crippen molar-refractivity contribution in [3.05, 3.63) is 70.8 Å². The summed E-state index contributed by atoms with van der Waals surface area (Å²) in [5.74, 6) is -2.06. The lowest BCUT2D eigenvalue weighted by Gasteiger charge is -2.18. The molecule has 27 heavy (non-hydrogen) atoms. The number of benzene rings is 2. The van der Waals surface area contributed by atoms with E-state index in [1.807, 2.05) is 12.1 Å². The van der Waals surface area contributed by atoms with E-state index in [0.29, 0.717) is 11.3 Å². The summed E-state index contributed by atoms with van der Waals surface area (Å²) >= 11 is 0. The van der Waals surface area contributed by atoms with Crippen LogP contribution in [0.1, 0.15) is 24.1 Å². The monoisotopic (exact) mass is 373 g/mol. The molecule has 0 radical (unpaired) electrons. The SMILES string of the molecule is C[C@@H](NC(=O)COC(=O)C1=Cc2ccccc2OC1)c1ccc(F)cc1F. The fourth-order valence-electron chi connectivity index (χ4n) is 2.67. The van der Waals surface area contributed by atoms with E-state index in [2.05, 4.69) is 5.32 Å². The average molecular weight is 373 g/mol. The number of carbonyl (C=O) groups excluding carboxylic acids is 2. The third-order valence-electron chi connectivity index (χ3n) is 4.03. The van der Waals surface area contributed by atoms with E-state index in [0.717, 1.165) is 17.7 Å². The number of hydrogen-bond donors (Lipinski definition) is 1. The first kappa shape index (κ1) is 18.6. The first-order valence-corrected chi connectivity index (χ1v) is 8.28. The molecule has 0 saturated heterocycles. The number of carbonyl (C=O) groups is 2. The largest absolute Gasteiger partial charge is 0.488 e. The Bertz CT molecular complexity index is 911. The first-order valence-electron chi connectivity index (χ1n) is 8.28. The number of hydrogen-bond acceptors (Lipinski definition) is 4. The van der Waals surface area contributed by atoms with Crippen LogP contribution in [0.4, 0.5) is 8.78 Å². The van der Waals surface area contributed by atoms with Gasteiger partial charge in [0.1, 0.15) is 24.0 Å². The zero-order valence-corrected chi connectivity index (χ0v) is 14.5. The molecule has 1 N–H and O–H groups in total. The Kier molecular flexibility index (Phi) is 5.49. The fraction of sp³-hybridized carbons (Fsp3) is 0.200. The maximum Gasteiger partial charge on any atom is 0.338 e. The van der Waals surface area contributed by atoms with Crippen LogP contribution >= 0.6 is 0 Å². The molecule has 1 aliphatic rings. The molecular formula is C20H17F2NO4. The minimum absolute atomic E-state index is 0.0503. The molecule has 1 atom stereocenters. The minimum atomic E-state index is -0.761. The van der Waals surface area contributed by atoms with E-state index >= 15 is 0 Å². The van der Waals surface area contributed by atoms with Gasteiger partial charge in [0.05, 0.1) is 11.6 Å². The zero-order chi connectivity index (χ0) is 19.4. The second-order valence-corrected chi connectivity index (χ2v) is 6.03. The van der Waals surface area contributed by atoms with Crippen molar-refractivity contribution in [3.63, 3.8) is 0 Å². The lowest BCUT2D eigenvalue weighted by Crippen LogP contribution is -2.32. The molecule has 5 nitrogen and oxygen atoms in total. The van der Waals surface area contributed by atoms with Gasteiger partial charge in [-0.25, -0.2) is 13.6 Å². The third kappa shape index (κ3) is 4.49.